The van der Waals surface area contributed by atoms with E-state index in [-0.39, 0.29) is 12.2 Å². The monoisotopic (exact) mass is 270 g/mol. The van der Waals surface area contributed by atoms with Crippen molar-refractivity contribution in [2.24, 2.45) is 0 Å². The van der Waals surface area contributed by atoms with Gasteiger partial charge in [0.2, 0.25) is 0 Å². The Balaban J connectivity index is 1.70. The number of halogens is 1. The largest absolute Gasteiger partial charge is 0.374 e. The molecule has 2 rings (SSSR count). The van der Waals surface area contributed by atoms with Crippen molar-refractivity contribution in [2.45, 2.75) is 18.8 Å². The van der Waals surface area contributed by atoms with E-state index in [4.69, 9.17) is 9.47 Å². The van der Waals surface area contributed by atoms with Crippen LogP contribution < -0.4 is 0 Å². The molecule has 2 atom stereocenters. The first-order valence-electron chi connectivity index (χ1n) is 4.72. The van der Waals surface area contributed by atoms with Crippen molar-refractivity contribution >= 4 is 22.2 Å². The molecule has 1 aliphatic rings. The molecule has 0 saturated carbocycles. The first-order valence-corrected chi connectivity index (χ1v) is 5.52. The summed E-state index contributed by atoms with van der Waals surface area (Å²) in [6, 6.07) is 7.94. The highest BCUT2D eigenvalue weighted by Gasteiger charge is 2.38. The van der Waals surface area contributed by atoms with Crippen LogP contribution in [0.5, 0.6) is 0 Å². The van der Waals surface area contributed by atoms with E-state index in [0.717, 1.165) is 16.3 Å². The van der Waals surface area contributed by atoms with Crippen LogP contribution >= 0.6 is 15.9 Å². The van der Waals surface area contributed by atoms with Crippen molar-refractivity contribution in [3.05, 3.63) is 34.3 Å². The molecule has 3 nitrogen and oxygen atoms in total. The van der Waals surface area contributed by atoms with E-state index >= 15 is 0 Å². The zero-order chi connectivity index (χ0) is 10.7. The highest BCUT2D eigenvalue weighted by atomic mass is 79.9. The predicted molar refractivity (Wildman–Crippen MR) is 58.5 cm³/mol. The number of carbonyl (C=O) groups is 1. The van der Waals surface area contributed by atoms with Crippen LogP contribution in [0.25, 0.3) is 0 Å². The third-order valence-corrected chi connectivity index (χ3v) is 2.75. The van der Waals surface area contributed by atoms with Gasteiger partial charge < -0.3 is 14.3 Å². The Kier molecular flexibility index (Phi) is 3.51. The molecule has 0 spiro atoms. The molecular weight excluding hydrogens is 260 g/mol. The van der Waals surface area contributed by atoms with Crippen LogP contribution in [0, 0.1) is 0 Å². The lowest BCUT2D eigenvalue weighted by Crippen LogP contribution is -2.05. The van der Waals surface area contributed by atoms with Gasteiger partial charge in [-0.1, -0.05) is 28.1 Å². The fourth-order valence-corrected chi connectivity index (χ4v) is 1.55. The molecule has 0 unspecified atom stereocenters. The fraction of sp³-hybridized carbons (Fsp3) is 0.364. The Morgan fingerprint density at radius 1 is 1.40 bits per heavy atom. The summed E-state index contributed by atoms with van der Waals surface area (Å²) < 4.78 is 11.5. The normalized spacial score (nSPS) is 23.8. The second kappa shape index (κ2) is 4.88. The molecule has 1 aromatic rings. The van der Waals surface area contributed by atoms with Crippen LogP contribution in [0.3, 0.4) is 0 Å². The van der Waals surface area contributed by atoms with E-state index in [1.165, 1.54) is 0 Å². The molecule has 1 fully saturated rings. The van der Waals surface area contributed by atoms with Crippen molar-refractivity contribution in [2.75, 3.05) is 6.61 Å². The van der Waals surface area contributed by atoms with Gasteiger partial charge in [-0.15, -0.1) is 0 Å². The van der Waals surface area contributed by atoms with Crippen LogP contribution in [-0.4, -0.2) is 25.1 Å². The first kappa shape index (κ1) is 10.8. The van der Waals surface area contributed by atoms with Gasteiger partial charge in [0.15, 0.2) is 6.29 Å². The van der Waals surface area contributed by atoms with E-state index < -0.39 is 0 Å². The second-order valence-electron chi connectivity index (χ2n) is 3.42. The van der Waals surface area contributed by atoms with Gasteiger partial charge >= 0.3 is 0 Å². The number of hydrogen-bond donors (Lipinski definition) is 0. The lowest BCUT2D eigenvalue weighted by molar-refractivity contribution is -0.108. The van der Waals surface area contributed by atoms with Gasteiger partial charge in [0.25, 0.3) is 0 Å². The zero-order valence-electron chi connectivity index (χ0n) is 8.06. The minimum atomic E-state index is -0.241. The Morgan fingerprint density at radius 2 is 2.13 bits per heavy atom. The van der Waals surface area contributed by atoms with Crippen LogP contribution in [0.2, 0.25) is 0 Å². The molecule has 80 valence electrons. The third kappa shape index (κ3) is 3.12. The Morgan fingerprint density at radius 3 is 2.73 bits per heavy atom. The number of ether oxygens (including phenoxy) is 2. The van der Waals surface area contributed by atoms with E-state index in [0.29, 0.717) is 13.2 Å². The summed E-state index contributed by atoms with van der Waals surface area (Å²) in [6.45, 7) is 1.04. The van der Waals surface area contributed by atoms with Gasteiger partial charge in [-0.25, -0.2) is 0 Å². The Labute approximate surface area is 96.5 Å². The molecule has 0 radical (unpaired) electrons. The highest BCUT2D eigenvalue weighted by Crippen LogP contribution is 2.20. The lowest BCUT2D eigenvalue weighted by Gasteiger charge is -2.02. The summed E-state index contributed by atoms with van der Waals surface area (Å²) >= 11 is 3.36. The molecular formula is C11H11BrO3. The van der Waals surface area contributed by atoms with E-state index in [9.17, 15) is 4.79 Å². The van der Waals surface area contributed by atoms with Crippen LogP contribution in [-0.2, 0) is 20.9 Å². The van der Waals surface area contributed by atoms with Gasteiger partial charge in [-0.3, -0.25) is 0 Å². The van der Waals surface area contributed by atoms with Crippen LogP contribution in [0.4, 0.5) is 0 Å². The number of benzene rings is 1. The molecule has 0 amide bonds. The van der Waals surface area contributed by atoms with Crippen LogP contribution in [0.1, 0.15) is 5.56 Å². The zero-order valence-corrected chi connectivity index (χ0v) is 9.64. The second-order valence-corrected chi connectivity index (χ2v) is 4.33. The van der Waals surface area contributed by atoms with E-state index in [1.54, 1.807) is 0 Å². The molecule has 0 aromatic heterocycles. The average Bonchev–Trinajstić information content (AvgIpc) is 3.00. The quantitative estimate of drug-likeness (QED) is 0.606. The molecule has 4 heteroatoms. The van der Waals surface area contributed by atoms with E-state index in [1.807, 2.05) is 24.3 Å². The number of aldehydes is 1. The smallest absolute Gasteiger partial charge is 0.151 e. The summed E-state index contributed by atoms with van der Waals surface area (Å²) in [7, 11) is 0. The van der Waals surface area contributed by atoms with Crippen molar-refractivity contribution in [1.82, 2.24) is 0 Å². The number of hydrogen-bond acceptors (Lipinski definition) is 3. The topological polar surface area (TPSA) is 38.8 Å². The van der Waals surface area contributed by atoms with Gasteiger partial charge in [-0.05, 0) is 17.7 Å². The lowest BCUT2D eigenvalue weighted by atomic mass is 10.2. The van der Waals surface area contributed by atoms with Crippen LogP contribution in [0.15, 0.2) is 28.7 Å². The summed E-state index contributed by atoms with van der Waals surface area (Å²) in [6.07, 6.45) is 0.543. The minimum absolute atomic E-state index is 0.0297. The molecule has 0 N–H and O–H groups in total. The van der Waals surface area contributed by atoms with Gasteiger partial charge in [0.05, 0.1) is 13.2 Å². The van der Waals surface area contributed by atoms with Gasteiger partial charge in [0, 0.05) is 4.47 Å². The molecule has 1 aliphatic heterocycles. The summed E-state index contributed by atoms with van der Waals surface area (Å²) in [5.41, 5.74) is 1.11. The predicted octanol–water partition coefficient (Wildman–Crippen LogP) is 1.93. The van der Waals surface area contributed by atoms with E-state index in [2.05, 4.69) is 15.9 Å². The number of epoxide rings is 1. The molecule has 1 saturated heterocycles. The standard InChI is InChI=1S/C11H11BrO3/c12-9-3-1-8(2-4-9)6-14-7-11-10(5-13)15-11/h1-5,10-11H,6-7H2/t10-,11+/m0/s1. The summed E-state index contributed by atoms with van der Waals surface area (Å²) in [5, 5.41) is 0. The molecule has 1 aromatic carbocycles. The van der Waals surface area contributed by atoms with Gasteiger partial charge in [0.1, 0.15) is 12.2 Å². The highest BCUT2D eigenvalue weighted by molar-refractivity contribution is 9.10. The SMILES string of the molecule is O=C[C@@H]1O[C@@H]1COCc1ccc(Br)cc1. The van der Waals surface area contributed by atoms with Gasteiger partial charge in [-0.2, -0.15) is 0 Å². The Bertz CT molecular complexity index is 336. The average molecular weight is 271 g/mol. The summed E-state index contributed by atoms with van der Waals surface area (Å²) in [4.78, 5) is 10.3. The Hall–Kier alpha value is -0.710. The number of carbonyl (C=O) groups excluding carboxylic acids is 1. The third-order valence-electron chi connectivity index (χ3n) is 2.22. The maximum Gasteiger partial charge on any atom is 0.151 e. The maximum absolute atomic E-state index is 10.3. The van der Waals surface area contributed by atoms with Crippen molar-refractivity contribution in [3.8, 4) is 0 Å². The number of rotatable bonds is 5. The fourth-order valence-electron chi connectivity index (χ4n) is 1.28. The first-order chi connectivity index (χ1) is 7.29. The molecule has 1 heterocycles. The van der Waals surface area contributed by atoms with Crippen molar-refractivity contribution < 1.29 is 14.3 Å². The maximum atomic E-state index is 10.3. The minimum Gasteiger partial charge on any atom is -0.374 e. The molecule has 15 heavy (non-hydrogen) atoms. The molecule has 0 bridgehead atoms. The summed E-state index contributed by atoms with van der Waals surface area (Å²) in [5.74, 6) is 0. The molecule has 0 aliphatic carbocycles. The van der Waals surface area contributed by atoms with Crippen molar-refractivity contribution in [1.29, 1.82) is 0 Å². The van der Waals surface area contributed by atoms with Crippen molar-refractivity contribution in [3.63, 3.8) is 0 Å².